The standard InChI is InChI=1S/C24H26BrClN6O3/c25-17-3-1-4-18(15-17)28-23(34)32-9-6-24(7-10-32)16-20(29-35-24)22(33)31-13-11-30(12-14-31)21-19(26)5-2-8-27-21/h1-5,8,15H,6-7,9-14,16H2,(H,28,34). The topological polar surface area (TPSA) is 90.4 Å². The third-order valence-electron chi connectivity index (χ3n) is 6.73. The third-order valence-corrected chi connectivity index (χ3v) is 7.52. The fourth-order valence-corrected chi connectivity index (χ4v) is 5.34. The van der Waals surface area contributed by atoms with Crippen LogP contribution in [0.2, 0.25) is 5.02 Å². The summed E-state index contributed by atoms with van der Waals surface area (Å²) in [6, 6.07) is 11.0. The summed E-state index contributed by atoms with van der Waals surface area (Å²) in [5.41, 5.74) is 0.686. The summed E-state index contributed by atoms with van der Waals surface area (Å²) in [4.78, 5) is 41.6. The molecular weight excluding hydrogens is 536 g/mol. The van der Waals surface area contributed by atoms with Crippen molar-refractivity contribution in [2.75, 3.05) is 49.5 Å². The number of likely N-dealkylation sites (tertiary alicyclic amines) is 1. The Morgan fingerprint density at radius 3 is 2.51 bits per heavy atom. The number of carbonyl (C=O) groups is 2. The molecule has 11 heteroatoms. The Morgan fingerprint density at radius 1 is 1.03 bits per heavy atom. The van der Waals surface area contributed by atoms with E-state index in [1.165, 1.54) is 0 Å². The van der Waals surface area contributed by atoms with E-state index < -0.39 is 5.60 Å². The molecule has 1 N–H and O–H groups in total. The number of halogens is 2. The SMILES string of the molecule is O=C(Nc1cccc(Br)c1)N1CCC2(CC1)CC(C(=O)N1CCN(c3ncccc3Cl)CC1)=NO2. The molecule has 0 aliphatic carbocycles. The van der Waals surface area contributed by atoms with Crippen LogP contribution in [0.4, 0.5) is 16.3 Å². The molecule has 5 rings (SSSR count). The molecule has 0 unspecified atom stereocenters. The van der Waals surface area contributed by atoms with E-state index in [9.17, 15) is 9.59 Å². The Kier molecular flexibility index (Phi) is 6.84. The van der Waals surface area contributed by atoms with E-state index in [1.54, 1.807) is 17.2 Å². The summed E-state index contributed by atoms with van der Waals surface area (Å²) < 4.78 is 0.906. The highest BCUT2D eigenvalue weighted by atomic mass is 79.9. The Bertz CT molecular complexity index is 1150. The first-order chi connectivity index (χ1) is 16.9. The van der Waals surface area contributed by atoms with Gasteiger partial charge in [0.2, 0.25) is 0 Å². The van der Waals surface area contributed by atoms with Crippen molar-refractivity contribution in [3.05, 3.63) is 52.1 Å². The van der Waals surface area contributed by atoms with Gasteiger partial charge in [0.25, 0.3) is 5.91 Å². The van der Waals surface area contributed by atoms with Gasteiger partial charge in [-0.3, -0.25) is 4.79 Å². The first kappa shape index (κ1) is 23.9. The molecule has 3 amide bonds. The second kappa shape index (κ2) is 10.0. The summed E-state index contributed by atoms with van der Waals surface area (Å²) in [6.45, 7) is 3.54. The summed E-state index contributed by atoms with van der Waals surface area (Å²) in [5.74, 6) is 0.668. The normalized spacial score (nSPS) is 19.4. The third kappa shape index (κ3) is 5.23. The maximum atomic E-state index is 13.1. The quantitative estimate of drug-likeness (QED) is 0.612. The predicted octanol–water partition coefficient (Wildman–Crippen LogP) is 3.99. The molecule has 1 aromatic carbocycles. The lowest BCUT2D eigenvalue weighted by Gasteiger charge is -2.37. The van der Waals surface area contributed by atoms with E-state index in [4.69, 9.17) is 16.4 Å². The van der Waals surface area contributed by atoms with Gasteiger partial charge in [-0.05, 0) is 30.3 Å². The van der Waals surface area contributed by atoms with Crippen molar-refractivity contribution in [2.45, 2.75) is 24.9 Å². The van der Waals surface area contributed by atoms with Gasteiger partial charge in [0, 0.05) is 74.9 Å². The lowest BCUT2D eigenvalue weighted by atomic mass is 9.86. The van der Waals surface area contributed by atoms with Crippen molar-refractivity contribution >= 4 is 56.7 Å². The number of hydrogen-bond donors (Lipinski definition) is 1. The van der Waals surface area contributed by atoms with Crippen LogP contribution in [-0.4, -0.2) is 77.3 Å². The van der Waals surface area contributed by atoms with Gasteiger partial charge in [0.05, 0.1) is 5.02 Å². The lowest BCUT2D eigenvalue weighted by molar-refractivity contribution is -0.124. The van der Waals surface area contributed by atoms with Gasteiger partial charge in [0.1, 0.15) is 17.1 Å². The minimum atomic E-state index is -0.513. The molecule has 2 saturated heterocycles. The lowest BCUT2D eigenvalue weighted by Crippen LogP contribution is -2.52. The molecule has 2 fully saturated rings. The molecule has 4 heterocycles. The van der Waals surface area contributed by atoms with E-state index in [1.807, 2.05) is 35.2 Å². The van der Waals surface area contributed by atoms with Gasteiger partial charge >= 0.3 is 6.03 Å². The number of amides is 3. The maximum Gasteiger partial charge on any atom is 0.321 e. The monoisotopic (exact) mass is 560 g/mol. The van der Waals surface area contributed by atoms with Crippen LogP contribution in [0.3, 0.4) is 0 Å². The molecule has 9 nitrogen and oxygen atoms in total. The Hall–Kier alpha value is -2.85. The van der Waals surface area contributed by atoms with Crippen molar-refractivity contribution in [3.63, 3.8) is 0 Å². The van der Waals surface area contributed by atoms with Crippen molar-refractivity contribution in [1.82, 2.24) is 14.8 Å². The number of hydrogen-bond acceptors (Lipinski definition) is 6. The van der Waals surface area contributed by atoms with Crippen LogP contribution in [0.5, 0.6) is 0 Å². The fraction of sp³-hybridized carbons (Fsp3) is 0.417. The Balaban J connectivity index is 1.11. The molecule has 3 aliphatic heterocycles. The number of rotatable bonds is 3. The number of oxime groups is 1. The number of nitrogens with zero attached hydrogens (tertiary/aromatic N) is 5. The van der Waals surface area contributed by atoms with Gasteiger partial charge in [-0.1, -0.05) is 38.8 Å². The van der Waals surface area contributed by atoms with Gasteiger partial charge in [0.15, 0.2) is 0 Å². The number of urea groups is 1. The zero-order chi connectivity index (χ0) is 24.4. The van der Waals surface area contributed by atoms with Gasteiger partial charge in [-0.15, -0.1) is 0 Å². The van der Waals surface area contributed by atoms with E-state index in [-0.39, 0.29) is 11.9 Å². The average Bonchev–Trinajstić information content (AvgIpc) is 3.28. The molecule has 1 aromatic heterocycles. The average molecular weight is 562 g/mol. The highest BCUT2D eigenvalue weighted by Crippen LogP contribution is 2.35. The first-order valence-corrected chi connectivity index (χ1v) is 12.8. The van der Waals surface area contributed by atoms with Crippen molar-refractivity contribution in [2.24, 2.45) is 5.16 Å². The zero-order valence-electron chi connectivity index (χ0n) is 19.1. The predicted molar refractivity (Wildman–Crippen MR) is 138 cm³/mol. The summed E-state index contributed by atoms with van der Waals surface area (Å²) in [7, 11) is 0. The summed E-state index contributed by atoms with van der Waals surface area (Å²) in [5, 5.41) is 7.72. The molecular formula is C24H26BrClN6O3. The van der Waals surface area contributed by atoms with Crippen LogP contribution in [0, 0.1) is 0 Å². The fourth-order valence-electron chi connectivity index (χ4n) is 4.70. The summed E-state index contributed by atoms with van der Waals surface area (Å²) >= 11 is 9.68. The minimum Gasteiger partial charge on any atom is -0.388 e. The van der Waals surface area contributed by atoms with Crippen LogP contribution in [0.15, 0.2) is 52.2 Å². The van der Waals surface area contributed by atoms with E-state index in [2.05, 4.69) is 36.3 Å². The number of pyridine rings is 1. The first-order valence-electron chi connectivity index (χ1n) is 11.6. The smallest absolute Gasteiger partial charge is 0.321 e. The molecule has 0 atom stereocenters. The van der Waals surface area contributed by atoms with Crippen LogP contribution in [-0.2, 0) is 9.63 Å². The number of benzene rings is 1. The van der Waals surface area contributed by atoms with E-state index in [0.29, 0.717) is 69.3 Å². The summed E-state index contributed by atoms with van der Waals surface area (Å²) in [6.07, 6.45) is 3.45. The second-order valence-electron chi connectivity index (χ2n) is 9.00. The van der Waals surface area contributed by atoms with Gasteiger partial charge in [-0.2, -0.15) is 0 Å². The number of aromatic nitrogens is 1. The molecule has 0 radical (unpaired) electrons. The van der Waals surface area contributed by atoms with Crippen molar-refractivity contribution in [1.29, 1.82) is 0 Å². The Labute approximate surface area is 217 Å². The highest BCUT2D eigenvalue weighted by molar-refractivity contribution is 9.10. The molecule has 2 aromatic rings. The number of carbonyl (C=O) groups excluding carboxylic acids is 2. The zero-order valence-corrected chi connectivity index (χ0v) is 21.5. The van der Waals surface area contributed by atoms with Gasteiger partial charge in [-0.25, -0.2) is 9.78 Å². The van der Waals surface area contributed by atoms with Crippen molar-refractivity contribution in [3.8, 4) is 0 Å². The van der Waals surface area contributed by atoms with Crippen molar-refractivity contribution < 1.29 is 14.4 Å². The number of nitrogens with one attached hydrogen (secondary N) is 1. The molecule has 35 heavy (non-hydrogen) atoms. The second-order valence-corrected chi connectivity index (χ2v) is 10.3. The minimum absolute atomic E-state index is 0.0801. The number of piperazine rings is 1. The molecule has 1 spiro atoms. The Morgan fingerprint density at radius 2 is 1.80 bits per heavy atom. The van der Waals surface area contributed by atoms with E-state index >= 15 is 0 Å². The van der Waals surface area contributed by atoms with Crippen LogP contribution in [0.25, 0.3) is 0 Å². The molecule has 0 bridgehead atoms. The largest absolute Gasteiger partial charge is 0.388 e. The maximum absolute atomic E-state index is 13.1. The van der Waals surface area contributed by atoms with Crippen LogP contribution in [0.1, 0.15) is 19.3 Å². The number of piperidine rings is 1. The van der Waals surface area contributed by atoms with E-state index in [0.717, 1.165) is 16.0 Å². The molecule has 0 saturated carbocycles. The number of anilines is 2. The molecule has 3 aliphatic rings. The highest BCUT2D eigenvalue weighted by Gasteiger charge is 2.45. The van der Waals surface area contributed by atoms with Gasteiger partial charge < -0.3 is 24.9 Å². The van der Waals surface area contributed by atoms with Crippen LogP contribution >= 0.6 is 27.5 Å². The van der Waals surface area contributed by atoms with Crippen LogP contribution < -0.4 is 10.2 Å². The molecule has 184 valence electrons.